The van der Waals surface area contributed by atoms with Crippen molar-refractivity contribution in [3.8, 4) is 22.9 Å². The van der Waals surface area contributed by atoms with E-state index in [0.29, 0.717) is 11.4 Å². The summed E-state index contributed by atoms with van der Waals surface area (Å²) >= 11 is 3.42. The molecule has 3 rings (SSSR count). The van der Waals surface area contributed by atoms with Gasteiger partial charge in [-0.2, -0.15) is 0 Å². The number of aromatic nitrogens is 2. The van der Waals surface area contributed by atoms with E-state index in [0.717, 1.165) is 15.5 Å². The summed E-state index contributed by atoms with van der Waals surface area (Å²) in [5, 5.41) is 19.1. The first-order valence-electron chi connectivity index (χ1n) is 5.70. The van der Waals surface area contributed by atoms with Crippen LogP contribution in [0.1, 0.15) is 0 Å². The summed E-state index contributed by atoms with van der Waals surface area (Å²) in [5.41, 5.74) is 2.52. The van der Waals surface area contributed by atoms with Gasteiger partial charge in [0.25, 0.3) is 0 Å². The predicted octanol–water partition coefficient (Wildman–Crippen LogP) is 3.41. The topological polar surface area (TPSA) is 58.3 Å². The van der Waals surface area contributed by atoms with Crippen LogP contribution < -0.4 is 0 Å². The molecule has 0 spiro atoms. The van der Waals surface area contributed by atoms with E-state index in [-0.39, 0.29) is 11.5 Å². The largest absolute Gasteiger partial charge is 0.508 e. The number of aromatic hydroxyl groups is 2. The van der Waals surface area contributed by atoms with Crippen molar-refractivity contribution < 1.29 is 10.2 Å². The van der Waals surface area contributed by atoms with Crippen LogP contribution in [0.2, 0.25) is 0 Å². The molecule has 3 aromatic rings. The van der Waals surface area contributed by atoms with Crippen LogP contribution in [0.3, 0.4) is 0 Å². The van der Waals surface area contributed by atoms with Crippen molar-refractivity contribution in [1.82, 2.24) is 9.55 Å². The van der Waals surface area contributed by atoms with Crippen LogP contribution in [-0.4, -0.2) is 19.8 Å². The normalized spacial score (nSPS) is 11.1. The minimum atomic E-state index is 0.0169. The number of nitrogens with zero attached hydrogens (tertiary/aromatic N) is 2. The lowest BCUT2D eigenvalue weighted by molar-refractivity contribution is 0.451. The summed E-state index contributed by atoms with van der Waals surface area (Å²) in [5.74, 6) is 0.728. The highest BCUT2D eigenvalue weighted by Crippen LogP contribution is 2.30. The fourth-order valence-corrected chi connectivity index (χ4v) is 2.50. The van der Waals surface area contributed by atoms with Crippen molar-refractivity contribution in [3.63, 3.8) is 0 Å². The molecule has 1 heterocycles. The molecule has 0 atom stereocenters. The lowest BCUT2D eigenvalue weighted by Crippen LogP contribution is -1.92. The van der Waals surface area contributed by atoms with E-state index < -0.39 is 0 Å². The smallest absolute Gasteiger partial charge is 0.141 e. The minimum Gasteiger partial charge on any atom is -0.508 e. The second kappa shape index (κ2) is 4.28. The molecule has 2 N–H and O–H groups in total. The van der Waals surface area contributed by atoms with Gasteiger partial charge in [0.15, 0.2) is 0 Å². The van der Waals surface area contributed by atoms with Crippen LogP contribution in [0.4, 0.5) is 0 Å². The summed E-state index contributed by atoms with van der Waals surface area (Å²) < 4.78 is 2.89. The zero-order valence-electron chi connectivity index (χ0n) is 10.1. The Morgan fingerprint density at radius 1 is 1.05 bits per heavy atom. The Morgan fingerprint density at radius 2 is 1.74 bits per heavy atom. The number of fused-ring (bicyclic) bond motifs is 1. The van der Waals surface area contributed by atoms with E-state index in [1.165, 1.54) is 6.07 Å². The van der Waals surface area contributed by atoms with E-state index >= 15 is 0 Å². The first kappa shape index (κ1) is 12.0. The van der Waals surface area contributed by atoms with E-state index in [2.05, 4.69) is 20.9 Å². The van der Waals surface area contributed by atoms with Crippen molar-refractivity contribution in [2.45, 2.75) is 0 Å². The van der Waals surface area contributed by atoms with Gasteiger partial charge < -0.3 is 14.8 Å². The maximum Gasteiger partial charge on any atom is 0.141 e. The van der Waals surface area contributed by atoms with Gasteiger partial charge in [0.05, 0.1) is 11.0 Å². The molecule has 0 fully saturated rings. The highest BCUT2D eigenvalue weighted by atomic mass is 79.9. The van der Waals surface area contributed by atoms with Crippen LogP contribution in [0.5, 0.6) is 11.5 Å². The number of hydrogen-bond donors (Lipinski definition) is 2. The molecule has 5 heteroatoms. The Kier molecular flexibility index (Phi) is 2.71. The molecule has 96 valence electrons. The van der Waals surface area contributed by atoms with Crippen molar-refractivity contribution >= 4 is 27.0 Å². The number of hydrogen-bond acceptors (Lipinski definition) is 3. The third kappa shape index (κ3) is 2.06. The minimum absolute atomic E-state index is 0.0169. The molecule has 0 amide bonds. The Morgan fingerprint density at radius 3 is 2.42 bits per heavy atom. The molecular formula is C14H11BrN2O2. The number of aryl methyl sites for hydroxylation is 1. The Labute approximate surface area is 118 Å². The Bertz CT molecular complexity index is 760. The van der Waals surface area contributed by atoms with E-state index in [9.17, 15) is 10.2 Å². The molecule has 19 heavy (non-hydrogen) atoms. The molecule has 4 nitrogen and oxygen atoms in total. The van der Waals surface area contributed by atoms with Gasteiger partial charge in [-0.25, -0.2) is 4.98 Å². The van der Waals surface area contributed by atoms with Crippen LogP contribution in [0.15, 0.2) is 40.9 Å². The molecule has 0 bridgehead atoms. The molecule has 0 unspecified atom stereocenters. The Balaban J connectivity index is 2.27. The average Bonchev–Trinajstić information content (AvgIpc) is 2.65. The maximum absolute atomic E-state index is 9.56. The van der Waals surface area contributed by atoms with Crippen molar-refractivity contribution in [2.24, 2.45) is 7.05 Å². The van der Waals surface area contributed by atoms with E-state index in [1.54, 1.807) is 12.1 Å². The predicted molar refractivity (Wildman–Crippen MR) is 77.2 cm³/mol. The van der Waals surface area contributed by atoms with Crippen molar-refractivity contribution in [1.29, 1.82) is 0 Å². The zero-order chi connectivity index (χ0) is 13.6. The molecule has 0 saturated carbocycles. The van der Waals surface area contributed by atoms with Crippen LogP contribution in [-0.2, 0) is 7.05 Å². The molecular weight excluding hydrogens is 308 g/mol. The molecule has 0 aliphatic heterocycles. The van der Waals surface area contributed by atoms with Gasteiger partial charge in [-0.05, 0) is 30.3 Å². The fourth-order valence-electron chi connectivity index (χ4n) is 2.16. The molecule has 1 aromatic heterocycles. The lowest BCUT2D eigenvalue weighted by atomic mass is 10.2. The van der Waals surface area contributed by atoms with Crippen LogP contribution in [0, 0.1) is 0 Å². The van der Waals surface area contributed by atoms with Crippen LogP contribution >= 0.6 is 15.9 Å². The number of halogens is 1. The third-order valence-electron chi connectivity index (χ3n) is 3.00. The molecule has 0 saturated heterocycles. The standard InChI is InChI=1S/C14H11BrN2O2/c1-17-13-3-2-9(15)6-12(13)16-14(17)8-4-10(18)7-11(19)5-8/h2-7,18-19H,1H3. The molecule has 0 aliphatic rings. The second-order valence-electron chi connectivity index (χ2n) is 4.37. The summed E-state index contributed by atoms with van der Waals surface area (Å²) in [6.45, 7) is 0. The summed E-state index contributed by atoms with van der Waals surface area (Å²) in [7, 11) is 1.90. The first-order valence-corrected chi connectivity index (χ1v) is 6.49. The van der Waals surface area contributed by atoms with Gasteiger partial charge in [-0.3, -0.25) is 0 Å². The van der Waals surface area contributed by atoms with E-state index in [4.69, 9.17) is 0 Å². The van der Waals surface area contributed by atoms with Gasteiger partial charge in [0, 0.05) is 23.2 Å². The lowest BCUT2D eigenvalue weighted by Gasteiger charge is -2.04. The van der Waals surface area contributed by atoms with Crippen LogP contribution in [0.25, 0.3) is 22.4 Å². The Hall–Kier alpha value is -2.01. The number of imidazole rings is 1. The van der Waals surface area contributed by atoms with Gasteiger partial charge in [0.1, 0.15) is 17.3 Å². The van der Waals surface area contributed by atoms with Gasteiger partial charge in [-0.1, -0.05) is 15.9 Å². The second-order valence-corrected chi connectivity index (χ2v) is 5.28. The first-order chi connectivity index (χ1) is 9.04. The average molecular weight is 319 g/mol. The van der Waals surface area contributed by atoms with Gasteiger partial charge in [-0.15, -0.1) is 0 Å². The van der Waals surface area contributed by atoms with Crippen molar-refractivity contribution in [3.05, 3.63) is 40.9 Å². The number of phenols is 2. The molecule has 0 aliphatic carbocycles. The van der Waals surface area contributed by atoms with Gasteiger partial charge in [0.2, 0.25) is 0 Å². The quantitative estimate of drug-likeness (QED) is 0.722. The summed E-state index contributed by atoms with van der Waals surface area (Å²) in [6.07, 6.45) is 0. The SMILES string of the molecule is Cn1c(-c2cc(O)cc(O)c2)nc2cc(Br)ccc21. The van der Waals surface area contributed by atoms with Gasteiger partial charge >= 0.3 is 0 Å². The highest BCUT2D eigenvalue weighted by molar-refractivity contribution is 9.10. The summed E-state index contributed by atoms with van der Waals surface area (Å²) in [4.78, 5) is 4.54. The summed E-state index contributed by atoms with van der Waals surface area (Å²) in [6, 6.07) is 10.3. The monoisotopic (exact) mass is 318 g/mol. The third-order valence-corrected chi connectivity index (χ3v) is 3.50. The number of rotatable bonds is 1. The zero-order valence-corrected chi connectivity index (χ0v) is 11.7. The molecule has 2 aromatic carbocycles. The van der Waals surface area contributed by atoms with E-state index in [1.807, 2.05) is 29.8 Å². The molecule has 0 radical (unpaired) electrons. The maximum atomic E-state index is 9.56. The number of benzene rings is 2. The fraction of sp³-hybridized carbons (Fsp3) is 0.0714. The number of phenolic OH excluding ortho intramolecular Hbond substituents is 2. The van der Waals surface area contributed by atoms with Crippen molar-refractivity contribution in [2.75, 3.05) is 0 Å². The highest BCUT2D eigenvalue weighted by Gasteiger charge is 2.11.